The van der Waals surface area contributed by atoms with E-state index in [0.29, 0.717) is 23.8 Å². The summed E-state index contributed by atoms with van der Waals surface area (Å²) in [5, 5.41) is 2.62. The molecular formula is C20H22N2O4S. The summed E-state index contributed by atoms with van der Waals surface area (Å²) in [4.78, 5) is 26.2. The fourth-order valence-electron chi connectivity index (χ4n) is 2.96. The number of methoxy groups -OCH3 is 1. The van der Waals surface area contributed by atoms with E-state index in [0.717, 1.165) is 11.3 Å². The van der Waals surface area contributed by atoms with E-state index in [1.165, 1.54) is 7.11 Å². The van der Waals surface area contributed by atoms with Gasteiger partial charge in [0.15, 0.2) is 0 Å². The Morgan fingerprint density at radius 2 is 2.07 bits per heavy atom. The van der Waals surface area contributed by atoms with Crippen molar-refractivity contribution in [2.24, 2.45) is 0 Å². The van der Waals surface area contributed by atoms with E-state index >= 15 is 0 Å². The van der Waals surface area contributed by atoms with Crippen LogP contribution < -0.4 is 15.0 Å². The molecular weight excluding hydrogens is 364 g/mol. The molecule has 0 aliphatic carbocycles. The second-order valence-electron chi connectivity index (χ2n) is 5.93. The molecule has 1 atom stereocenters. The maximum absolute atomic E-state index is 12.6. The van der Waals surface area contributed by atoms with Gasteiger partial charge < -0.3 is 14.8 Å². The van der Waals surface area contributed by atoms with Crippen LogP contribution in [0.25, 0.3) is 0 Å². The number of thioether (sulfide) groups is 1. The lowest BCUT2D eigenvalue weighted by Gasteiger charge is -2.26. The summed E-state index contributed by atoms with van der Waals surface area (Å²) in [6, 6.07) is 15.1. The van der Waals surface area contributed by atoms with Crippen molar-refractivity contribution in [2.75, 3.05) is 36.3 Å². The first-order chi connectivity index (χ1) is 13.1. The number of nitrogens with zero attached hydrogens (tertiary/aromatic N) is 1. The number of hydrogen-bond acceptors (Lipinski definition) is 5. The number of carbonyl (C=O) groups excluding carboxylic acids is 2. The minimum absolute atomic E-state index is 0.00521. The van der Waals surface area contributed by atoms with Crippen LogP contribution in [0.1, 0.15) is 17.9 Å². The molecule has 2 aromatic carbocycles. The highest BCUT2D eigenvalue weighted by Gasteiger charge is 2.35. The number of para-hydroxylation sites is 2. The Labute approximate surface area is 162 Å². The quantitative estimate of drug-likeness (QED) is 0.789. The van der Waals surface area contributed by atoms with E-state index in [9.17, 15) is 9.59 Å². The van der Waals surface area contributed by atoms with Gasteiger partial charge in [0.05, 0.1) is 18.0 Å². The number of benzene rings is 2. The number of carbonyl (C=O) groups is 2. The van der Waals surface area contributed by atoms with Gasteiger partial charge in [-0.25, -0.2) is 0 Å². The van der Waals surface area contributed by atoms with Gasteiger partial charge in [-0.1, -0.05) is 24.3 Å². The number of nitrogens with one attached hydrogen (secondary N) is 1. The Morgan fingerprint density at radius 1 is 1.26 bits per heavy atom. The van der Waals surface area contributed by atoms with Crippen LogP contribution in [0.5, 0.6) is 5.75 Å². The van der Waals surface area contributed by atoms with Crippen molar-refractivity contribution in [3.05, 3.63) is 54.1 Å². The zero-order chi connectivity index (χ0) is 19.2. The molecule has 1 fully saturated rings. The van der Waals surface area contributed by atoms with E-state index < -0.39 is 0 Å². The van der Waals surface area contributed by atoms with Gasteiger partial charge in [-0.3, -0.25) is 14.5 Å². The molecule has 0 saturated carbocycles. The van der Waals surface area contributed by atoms with Crippen LogP contribution in [0.2, 0.25) is 0 Å². The average molecular weight is 386 g/mol. The van der Waals surface area contributed by atoms with Crippen LogP contribution in [0, 0.1) is 0 Å². The Hall–Kier alpha value is -2.51. The highest BCUT2D eigenvalue weighted by Crippen LogP contribution is 2.45. The van der Waals surface area contributed by atoms with E-state index in [-0.39, 0.29) is 23.8 Å². The molecule has 1 saturated heterocycles. The number of hydrogen-bond donors (Lipinski definition) is 1. The fraction of sp³-hybridized carbons (Fsp3) is 0.300. The van der Waals surface area contributed by atoms with Gasteiger partial charge in [0.2, 0.25) is 11.8 Å². The number of anilines is 2. The molecule has 0 unspecified atom stereocenters. The lowest BCUT2D eigenvalue weighted by Crippen LogP contribution is -2.28. The van der Waals surface area contributed by atoms with Crippen LogP contribution in [-0.2, 0) is 14.3 Å². The summed E-state index contributed by atoms with van der Waals surface area (Å²) in [7, 11) is 1.48. The third-order valence-corrected chi connectivity index (χ3v) is 5.24. The van der Waals surface area contributed by atoms with E-state index in [2.05, 4.69) is 5.32 Å². The zero-order valence-corrected chi connectivity index (χ0v) is 16.1. The monoisotopic (exact) mass is 386 g/mol. The SMILES string of the molecule is CCOc1ccccc1N1C(=O)CS[C@H]1c1cccc(NC(=O)COC)c1. The molecule has 142 valence electrons. The van der Waals surface area contributed by atoms with Crippen molar-refractivity contribution >= 4 is 35.0 Å². The molecule has 0 bridgehead atoms. The van der Waals surface area contributed by atoms with Gasteiger partial charge in [-0.2, -0.15) is 0 Å². The summed E-state index contributed by atoms with van der Waals surface area (Å²) in [6.07, 6.45) is 0. The van der Waals surface area contributed by atoms with Crippen molar-refractivity contribution in [3.63, 3.8) is 0 Å². The molecule has 1 aliphatic rings. The molecule has 0 spiro atoms. The third kappa shape index (κ3) is 4.43. The second kappa shape index (κ2) is 8.92. The standard InChI is InChI=1S/C20H22N2O4S/c1-3-26-17-10-5-4-9-16(17)22-19(24)13-27-20(22)14-7-6-8-15(11-14)21-18(23)12-25-2/h4-11,20H,3,12-13H2,1-2H3,(H,21,23)/t20-/m0/s1. The molecule has 1 heterocycles. The predicted molar refractivity (Wildman–Crippen MR) is 107 cm³/mol. The second-order valence-corrected chi connectivity index (χ2v) is 7.00. The molecule has 1 aliphatic heterocycles. The Morgan fingerprint density at radius 3 is 2.85 bits per heavy atom. The van der Waals surface area contributed by atoms with Gasteiger partial charge >= 0.3 is 0 Å². The molecule has 27 heavy (non-hydrogen) atoms. The highest BCUT2D eigenvalue weighted by molar-refractivity contribution is 8.00. The Bertz CT molecular complexity index is 827. The summed E-state index contributed by atoms with van der Waals surface area (Å²) >= 11 is 1.55. The normalized spacial score (nSPS) is 16.4. The summed E-state index contributed by atoms with van der Waals surface area (Å²) in [6.45, 7) is 2.44. The smallest absolute Gasteiger partial charge is 0.250 e. The predicted octanol–water partition coefficient (Wildman–Crippen LogP) is 3.45. The average Bonchev–Trinajstić information content (AvgIpc) is 3.04. The van der Waals surface area contributed by atoms with Crippen molar-refractivity contribution in [3.8, 4) is 5.75 Å². The molecule has 2 aromatic rings. The van der Waals surface area contributed by atoms with Gasteiger partial charge in [0, 0.05) is 12.8 Å². The van der Waals surface area contributed by atoms with Gasteiger partial charge in [-0.05, 0) is 36.8 Å². The maximum Gasteiger partial charge on any atom is 0.250 e. The highest BCUT2D eigenvalue weighted by atomic mass is 32.2. The van der Waals surface area contributed by atoms with Crippen LogP contribution >= 0.6 is 11.8 Å². The first-order valence-corrected chi connectivity index (χ1v) is 9.73. The number of ether oxygens (including phenoxy) is 2. The molecule has 1 N–H and O–H groups in total. The Balaban J connectivity index is 1.90. The molecule has 7 heteroatoms. The molecule has 0 radical (unpaired) electrons. The maximum atomic E-state index is 12.6. The van der Waals surface area contributed by atoms with Crippen LogP contribution in [0.3, 0.4) is 0 Å². The lowest BCUT2D eigenvalue weighted by atomic mass is 10.1. The number of rotatable bonds is 7. The minimum Gasteiger partial charge on any atom is -0.492 e. The van der Waals surface area contributed by atoms with Crippen molar-refractivity contribution in [1.29, 1.82) is 0 Å². The topological polar surface area (TPSA) is 67.9 Å². The van der Waals surface area contributed by atoms with E-state index in [1.54, 1.807) is 16.7 Å². The first-order valence-electron chi connectivity index (χ1n) is 8.68. The van der Waals surface area contributed by atoms with Crippen molar-refractivity contribution < 1.29 is 19.1 Å². The molecule has 2 amide bonds. The first kappa shape index (κ1) is 19.3. The minimum atomic E-state index is -0.219. The summed E-state index contributed by atoms with van der Waals surface area (Å²) in [5.74, 6) is 0.894. The van der Waals surface area contributed by atoms with Gasteiger partial charge in [0.25, 0.3) is 0 Å². The van der Waals surface area contributed by atoms with Crippen molar-refractivity contribution in [1.82, 2.24) is 0 Å². The lowest BCUT2D eigenvalue weighted by molar-refractivity contribution is -0.119. The third-order valence-electron chi connectivity index (χ3n) is 4.02. The van der Waals surface area contributed by atoms with Crippen LogP contribution in [0.4, 0.5) is 11.4 Å². The Kier molecular flexibility index (Phi) is 6.36. The summed E-state index contributed by atoms with van der Waals surface area (Å²) in [5.41, 5.74) is 2.37. The van der Waals surface area contributed by atoms with E-state index in [4.69, 9.17) is 9.47 Å². The zero-order valence-electron chi connectivity index (χ0n) is 15.3. The summed E-state index contributed by atoms with van der Waals surface area (Å²) < 4.78 is 10.6. The van der Waals surface area contributed by atoms with Crippen molar-refractivity contribution in [2.45, 2.75) is 12.3 Å². The van der Waals surface area contributed by atoms with Gasteiger partial charge in [-0.15, -0.1) is 11.8 Å². The van der Waals surface area contributed by atoms with Crippen LogP contribution in [-0.4, -0.2) is 37.9 Å². The number of amides is 2. The fourth-order valence-corrected chi connectivity index (χ4v) is 4.12. The van der Waals surface area contributed by atoms with Crippen LogP contribution in [0.15, 0.2) is 48.5 Å². The van der Waals surface area contributed by atoms with E-state index in [1.807, 2.05) is 55.5 Å². The molecule has 6 nitrogen and oxygen atoms in total. The molecule has 3 rings (SSSR count). The molecule has 0 aromatic heterocycles. The van der Waals surface area contributed by atoms with Gasteiger partial charge in [0.1, 0.15) is 17.7 Å². The largest absolute Gasteiger partial charge is 0.492 e.